The monoisotopic (exact) mass is 563 g/mol. The summed E-state index contributed by atoms with van der Waals surface area (Å²) in [4.78, 5) is 2.39. The molecule has 0 aliphatic carbocycles. The minimum atomic E-state index is 0.0138. The topological polar surface area (TPSA) is 18.8 Å². The number of para-hydroxylation sites is 1. The van der Waals surface area contributed by atoms with Crippen molar-refractivity contribution in [3.8, 4) is 22.3 Å². The Morgan fingerprint density at radius 3 is 1.40 bits per heavy atom. The molecule has 0 N–H and O–H groups in total. The highest BCUT2D eigenvalue weighted by Gasteiger charge is 2.31. The highest BCUT2D eigenvalue weighted by atomic mass is 15.6. The molecule has 0 fully saturated rings. The highest BCUT2D eigenvalue weighted by Crippen LogP contribution is 2.42. The first kappa shape index (κ1) is 28.5. The molecule has 0 aromatic heterocycles. The van der Waals surface area contributed by atoms with E-state index in [1.54, 1.807) is 0 Å². The fourth-order valence-corrected chi connectivity index (χ4v) is 5.68. The van der Waals surface area contributed by atoms with Gasteiger partial charge in [0.05, 0.1) is 5.69 Å². The summed E-state index contributed by atoms with van der Waals surface area (Å²) in [5.74, 6) is 0.952. The van der Waals surface area contributed by atoms with Gasteiger partial charge in [0, 0.05) is 22.4 Å². The Morgan fingerprint density at radius 2 is 0.953 bits per heavy atom. The molecule has 1 heterocycles. The van der Waals surface area contributed by atoms with Crippen molar-refractivity contribution in [1.82, 2.24) is 0 Å². The second-order valence-electron chi connectivity index (χ2n) is 13.5. The summed E-state index contributed by atoms with van der Waals surface area (Å²) in [5, 5.41) is 7.62. The van der Waals surface area contributed by atoms with Gasteiger partial charge in [0.1, 0.15) is 6.67 Å². The molecule has 0 saturated heterocycles. The standard InChI is InChI=1S/C40H41N3/c1-39(2,3)32-25-33(40(4,5)6)27-34(26-32)42-28-43(41-38(42)31-21-14-9-15-22-31)37-35(29-17-10-7-11-18-29)23-16-24-36(37)30-19-12-8-13-20-30/h7-27H,28H2,1-6H3. The predicted octanol–water partition coefficient (Wildman–Crippen LogP) is 10.3. The molecule has 0 radical (unpaired) electrons. The summed E-state index contributed by atoms with van der Waals surface area (Å²) >= 11 is 0. The van der Waals surface area contributed by atoms with Crippen LogP contribution in [0.25, 0.3) is 22.3 Å². The third kappa shape index (κ3) is 5.85. The van der Waals surface area contributed by atoms with Crippen LogP contribution in [0.2, 0.25) is 0 Å². The SMILES string of the molecule is CC(C)(C)c1cc(N2CN(c3c(-c4ccccc4)cccc3-c3ccccc3)N=C2c2ccccc2)cc(C(C)(C)C)c1. The van der Waals surface area contributed by atoms with E-state index >= 15 is 0 Å². The van der Waals surface area contributed by atoms with Crippen molar-refractivity contribution >= 4 is 17.2 Å². The summed E-state index contributed by atoms with van der Waals surface area (Å²) in [6.45, 7) is 14.4. The fourth-order valence-electron chi connectivity index (χ4n) is 5.68. The second kappa shape index (κ2) is 11.2. The van der Waals surface area contributed by atoms with Gasteiger partial charge in [0.2, 0.25) is 0 Å². The molecular formula is C40H41N3. The summed E-state index contributed by atoms with van der Waals surface area (Å²) in [6.07, 6.45) is 0. The van der Waals surface area contributed by atoms with Crippen molar-refractivity contribution in [2.45, 2.75) is 52.4 Å². The molecule has 216 valence electrons. The molecule has 0 unspecified atom stereocenters. The molecule has 0 saturated carbocycles. The van der Waals surface area contributed by atoms with Crippen LogP contribution in [0.5, 0.6) is 0 Å². The summed E-state index contributed by atoms with van der Waals surface area (Å²) in [5.41, 5.74) is 10.7. The van der Waals surface area contributed by atoms with E-state index in [0.717, 1.165) is 17.1 Å². The molecule has 0 bridgehead atoms. The van der Waals surface area contributed by atoms with Gasteiger partial charge in [0.15, 0.2) is 5.84 Å². The van der Waals surface area contributed by atoms with E-state index < -0.39 is 0 Å². The molecule has 5 aromatic carbocycles. The molecule has 0 atom stereocenters. The molecule has 1 aliphatic heterocycles. The Balaban J connectivity index is 1.57. The Hall–Kier alpha value is -4.63. The highest BCUT2D eigenvalue weighted by molar-refractivity contribution is 6.12. The lowest BCUT2D eigenvalue weighted by atomic mass is 9.80. The van der Waals surface area contributed by atoms with Gasteiger partial charge in [0.25, 0.3) is 0 Å². The largest absolute Gasteiger partial charge is 0.304 e. The van der Waals surface area contributed by atoms with Gasteiger partial charge in [-0.1, -0.05) is 157 Å². The van der Waals surface area contributed by atoms with Crippen molar-refractivity contribution in [3.63, 3.8) is 0 Å². The smallest absolute Gasteiger partial charge is 0.162 e. The average Bonchev–Trinajstić information content (AvgIpc) is 3.46. The second-order valence-corrected chi connectivity index (χ2v) is 13.5. The van der Waals surface area contributed by atoms with Crippen molar-refractivity contribution < 1.29 is 0 Å². The Bertz CT molecular complexity index is 1650. The number of rotatable bonds is 5. The number of amidine groups is 1. The average molecular weight is 564 g/mol. The predicted molar refractivity (Wildman–Crippen MR) is 184 cm³/mol. The summed E-state index contributed by atoms with van der Waals surface area (Å²) in [6, 6.07) is 45.6. The van der Waals surface area contributed by atoms with Gasteiger partial charge < -0.3 is 4.90 Å². The van der Waals surface area contributed by atoms with E-state index in [-0.39, 0.29) is 10.8 Å². The summed E-state index contributed by atoms with van der Waals surface area (Å²) < 4.78 is 0. The lowest BCUT2D eigenvalue weighted by Crippen LogP contribution is -2.32. The maximum absolute atomic E-state index is 5.42. The number of benzene rings is 5. The number of hydrogen-bond donors (Lipinski definition) is 0. The minimum absolute atomic E-state index is 0.0138. The molecular weight excluding hydrogens is 522 g/mol. The maximum atomic E-state index is 5.42. The van der Waals surface area contributed by atoms with Crippen molar-refractivity contribution in [3.05, 3.63) is 144 Å². The van der Waals surface area contributed by atoms with E-state index in [1.807, 2.05) is 0 Å². The zero-order valence-corrected chi connectivity index (χ0v) is 26.2. The van der Waals surface area contributed by atoms with E-state index in [1.165, 1.54) is 39.1 Å². The quantitative estimate of drug-likeness (QED) is 0.212. The lowest BCUT2D eigenvalue weighted by molar-refractivity contribution is 0.568. The van der Waals surface area contributed by atoms with E-state index in [4.69, 9.17) is 5.10 Å². The molecule has 43 heavy (non-hydrogen) atoms. The zero-order chi connectivity index (χ0) is 30.2. The van der Waals surface area contributed by atoms with E-state index in [9.17, 15) is 0 Å². The molecule has 3 nitrogen and oxygen atoms in total. The summed E-state index contributed by atoms with van der Waals surface area (Å²) in [7, 11) is 0. The van der Waals surface area contributed by atoms with Crippen molar-refractivity contribution in [2.24, 2.45) is 5.10 Å². The molecule has 3 heteroatoms. The van der Waals surface area contributed by atoms with Gasteiger partial charge in [-0.2, -0.15) is 5.10 Å². The van der Waals surface area contributed by atoms with Crippen LogP contribution in [-0.2, 0) is 10.8 Å². The maximum Gasteiger partial charge on any atom is 0.162 e. The Morgan fingerprint density at radius 1 is 0.512 bits per heavy atom. The van der Waals surface area contributed by atoms with Crippen LogP contribution in [-0.4, -0.2) is 12.5 Å². The van der Waals surface area contributed by atoms with Crippen LogP contribution >= 0.6 is 0 Å². The van der Waals surface area contributed by atoms with Crippen LogP contribution < -0.4 is 9.91 Å². The molecule has 0 spiro atoms. The van der Waals surface area contributed by atoms with Crippen LogP contribution in [0.1, 0.15) is 58.2 Å². The fraction of sp³-hybridized carbons (Fsp3) is 0.225. The third-order valence-corrected chi connectivity index (χ3v) is 8.20. The van der Waals surface area contributed by atoms with Crippen molar-refractivity contribution in [2.75, 3.05) is 16.6 Å². The first-order valence-electron chi connectivity index (χ1n) is 15.2. The van der Waals surface area contributed by atoms with Crippen LogP contribution in [0.3, 0.4) is 0 Å². The molecule has 6 rings (SSSR count). The van der Waals surface area contributed by atoms with Crippen LogP contribution in [0, 0.1) is 0 Å². The lowest BCUT2D eigenvalue weighted by Gasteiger charge is -2.30. The zero-order valence-electron chi connectivity index (χ0n) is 26.2. The third-order valence-electron chi connectivity index (χ3n) is 8.20. The van der Waals surface area contributed by atoms with Gasteiger partial charge in [-0.05, 0) is 45.2 Å². The van der Waals surface area contributed by atoms with Gasteiger partial charge in [-0.15, -0.1) is 0 Å². The van der Waals surface area contributed by atoms with Crippen LogP contribution in [0.15, 0.2) is 132 Å². The molecule has 0 amide bonds. The van der Waals surface area contributed by atoms with Crippen molar-refractivity contribution in [1.29, 1.82) is 0 Å². The normalized spacial score (nSPS) is 13.8. The first-order valence-corrected chi connectivity index (χ1v) is 15.2. The number of nitrogens with zero attached hydrogens (tertiary/aromatic N) is 3. The van der Waals surface area contributed by atoms with Gasteiger partial charge in [-0.25, -0.2) is 5.01 Å². The number of hydrazone groups is 1. The Labute approximate surface area is 257 Å². The van der Waals surface area contributed by atoms with E-state index in [0.29, 0.717) is 6.67 Å². The first-order chi connectivity index (χ1) is 20.6. The minimum Gasteiger partial charge on any atom is -0.304 e. The number of hydrogen-bond acceptors (Lipinski definition) is 3. The number of anilines is 2. The van der Waals surface area contributed by atoms with E-state index in [2.05, 4.69) is 179 Å². The van der Waals surface area contributed by atoms with Crippen LogP contribution in [0.4, 0.5) is 11.4 Å². The Kier molecular flexibility index (Phi) is 7.43. The van der Waals surface area contributed by atoms with Gasteiger partial charge in [-0.3, -0.25) is 0 Å². The molecule has 1 aliphatic rings. The molecule has 5 aromatic rings. The van der Waals surface area contributed by atoms with Gasteiger partial charge >= 0.3 is 0 Å².